The number of nitro groups is 1. The minimum Gasteiger partial charge on any atom is -0.480 e. The van der Waals surface area contributed by atoms with Gasteiger partial charge in [-0.05, 0) is 11.5 Å². The standard InChI is InChI=1S/C12H16N2O4/c1-8(2)11(12(15)16)13-7-9-4-3-5-10(6-9)14(17)18/h3-6,8,11,13H,7H2,1-2H3,(H,15,16)/t11-/m0/s1. The van der Waals surface area contributed by atoms with Gasteiger partial charge in [-0.1, -0.05) is 26.0 Å². The first-order valence-electron chi connectivity index (χ1n) is 5.61. The van der Waals surface area contributed by atoms with Crippen LogP contribution in [-0.4, -0.2) is 22.0 Å². The molecule has 0 saturated heterocycles. The SMILES string of the molecule is CC(C)[C@H](NCc1cccc([N+](=O)[O-])c1)C(=O)O. The molecule has 1 rings (SSSR count). The number of rotatable bonds is 6. The van der Waals surface area contributed by atoms with Gasteiger partial charge in [0.2, 0.25) is 0 Å². The fraction of sp³-hybridized carbons (Fsp3) is 0.417. The second-order valence-corrected chi connectivity index (χ2v) is 4.37. The summed E-state index contributed by atoms with van der Waals surface area (Å²) in [5.41, 5.74) is 0.696. The van der Waals surface area contributed by atoms with Crippen molar-refractivity contribution in [2.45, 2.75) is 26.4 Å². The number of carboxylic acid groups (broad SMARTS) is 1. The van der Waals surface area contributed by atoms with Gasteiger partial charge in [0, 0.05) is 18.7 Å². The molecule has 0 radical (unpaired) electrons. The molecular weight excluding hydrogens is 236 g/mol. The summed E-state index contributed by atoms with van der Waals surface area (Å²) < 4.78 is 0. The van der Waals surface area contributed by atoms with Gasteiger partial charge in [0.15, 0.2) is 0 Å². The predicted octanol–water partition coefficient (Wildman–Crippen LogP) is 1.79. The third-order valence-electron chi connectivity index (χ3n) is 2.58. The van der Waals surface area contributed by atoms with Gasteiger partial charge in [-0.3, -0.25) is 14.9 Å². The zero-order chi connectivity index (χ0) is 13.7. The molecule has 6 nitrogen and oxygen atoms in total. The summed E-state index contributed by atoms with van der Waals surface area (Å²) in [7, 11) is 0. The topological polar surface area (TPSA) is 92.5 Å². The lowest BCUT2D eigenvalue weighted by molar-refractivity contribution is -0.384. The molecule has 0 aliphatic carbocycles. The molecule has 0 spiro atoms. The monoisotopic (exact) mass is 252 g/mol. The molecule has 0 aliphatic rings. The zero-order valence-electron chi connectivity index (χ0n) is 10.3. The molecule has 1 aromatic rings. The molecule has 18 heavy (non-hydrogen) atoms. The van der Waals surface area contributed by atoms with Gasteiger partial charge in [0.1, 0.15) is 6.04 Å². The normalized spacial score (nSPS) is 12.4. The molecule has 1 aromatic carbocycles. The summed E-state index contributed by atoms with van der Waals surface area (Å²) in [4.78, 5) is 21.1. The highest BCUT2D eigenvalue weighted by atomic mass is 16.6. The van der Waals surface area contributed by atoms with Crippen molar-refractivity contribution in [2.24, 2.45) is 5.92 Å². The van der Waals surface area contributed by atoms with E-state index in [1.54, 1.807) is 26.0 Å². The van der Waals surface area contributed by atoms with E-state index in [-0.39, 0.29) is 18.2 Å². The van der Waals surface area contributed by atoms with Crippen LogP contribution >= 0.6 is 0 Å². The second kappa shape index (κ2) is 6.11. The Hall–Kier alpha value is -1.95. The summed E-state index contributed by atoms with van der Waals surface area (Å²) in [5.74, 6) is -0.975. The quantitative estimate of drug-likeness (QED) is 0.594. The average molecular weight is 252 g/mol. The first-order chi connectivity index (χ1) is 8.41. The molecule has 0 aromatic heterocycles. The number of benzene rings is 1. The Morgan fingerprint density at radius 3 is 2.67 bits per heavy atom. The zero-order valence-corrected chi connectivity index (χ0v) is 10.3. The third-order valence-corrected chi connectivity index (χ3v) is 2.58. The minimum atomic E-state index is -0.921. The summed E-state index contributed by atoms with van der Waals surface area (Å²) >= 11 is 0. The van der Waals surface area contributed by atoms with E-state index >= 15 is 0 Å². The lowest BCUT2D eigenvalue weighted by atomic mass is 10.0. The fourth-order valence-electron chi connectivity index (χ4n) is 1.62. The average Bonchev–Trinajstić information content (AvgIpc) is 2.28. The molecule has 6 heteroatoms. The van der Waals surface area contributed by atoms with Crippen molar-refractivity contribution in [1.82, 2.24) is 5.32 Å². The van der Waals surface area contributed by atoms with Crippen LogP contribution in [0.4, 0.5) is 5.69 Å². The molecule has 2 N–H and O–H groups in total. The number of nitrogens with one attached hydrogen (secondary N) is 1. The van der Waals surface area contributed by atoms with E-state index in [1.807, 2.05) is 0 Å². The van der Waals surface area contributed by atoms with E-state index in [2.05, 4.69) is 5.32 Å². The Kier molecular flexibility index (Phi) is 4.79. The van der Waals surface area contributed by atoms with Gasteiger partial charge >= 0.3 is 5.97 Å². The van der Waals surface area contributed by atoms with Crippen LogP contribution < -0.4 is 5.32 Å². The van der Waals surface area contributed by atoms with Gasteiger partial charge in [-0.15, -0.1) is 0 Å². The number of hydrogen-bond acceptors (Lipinski definition) is 4. The summed E-state index contributed by atoms with van der Waals surface area (Å²) in [5, 5.41) is 22.5. The minimum absolute atomic E-state index is 0.00530. The van der Waals surface area contributed by atoms with Crippen LogP contribution in [0.5, 0.6) is 0 Å². The Balaban J connectivity index is 2.70. The number of nitro benzene ring substituents is 1. The number of carboxylic acids is 1. The molecule has 1 atom stereocenters. The maximum Gasteiger partial charge on any atom is 0.320 e. The van der Waals surface area contributed by atoms with Gasteiger partial charge in [0.25, 0.3) is 5.69 Å². The summed E-state index contributed by atoms with van der Waals surface area (Å²) in [6, 6.07) is 5.48. The Morgan fingerprint density at radius 2 is 2.17 bits per heavy atom. The van der Waals surface area contributed by atoms with Gasteiger partial charge in [0.05, 0.1) is 4.92 Å². The largest absolute Gasteiger partial charge is 0.480 e. The molecule has 0 unspecified atom stereocenters. The first-order valence-corrected chi connectivity index (χ1v) is 5.61. The maximum absolute atomic E-state index is 11.0. The van der Waals surface area contributed by atoms with E-state index in [0.29, 0.717) is 5.56 Å². The van der Waals surface area contributed by atoms with E-state index in [0.717, 1.165) is 0 Å². The Morgan fingerprint density at radius 1 is 1.50 bits per heavy atom. The summed E-state index contributed by atoms with van der Waals surface area (Å²) in [6.07, 6.45) is 0. The summed E-state index contributed by atoms with van der Waals surface area (Å²) in [6.45, 7) is 3.90. The molecule has 0 aliphatic heterocycles. The third kappa shape index (κ3) is 3.81. The van der Waals surface area contributed by atoms with Crippen molar-refractivity contribution < 1.29 is 14.8 Å². The Bertz CT molecular complexity index is 445. The van der Waals surface area contributed by atoms with Crippen molar-refractivity contribution in [3.63, 3.8) is 0 Å². The van der Waals surface area contributed by atoms with Crippen LogP contribution in [-0.2, 0) is 11.3 Å². The van der Waals surface area contributed by atoms with E-state index in [9.17, 15) is 14.9 Å². The van der Waals surface area contributed by atoms with Crippen LogP contribution in [0.2, 0.25) is 0 Å². The number of hydrogen-bond donors (Lipinski definition) is 2. The second-order valence-electron chi connectivity index (χ2n) is 4.37. The predicted molar refractivity (Wildman–Crippen MR) is 66.2 cm³/mol. The van der Waals surface area contributed by atoms with Crippen LogP contribution in [0.25, 0.3) is 0 Å². The number of non-ortho nitro benzene ring substituents is 1. The molecule has 0 amide bonds. The van der Waals surface area contributed by atoms with Gasteiger partial charge in [-0.2, -0.15) is 0 Å². The van der Waals surface area contributed by atoms with Crippen molar-refractivity contribution in [2.75, 3.05) is 0 Å². The molecule has 0 saturated carbocycles. The van der Waals surface area contributed by atoms with Crippen molar-refractivity contribution in [3.8, 4) is 0 Å². The number of aliphatic carboxylic acids is 1. The Labute approximate surface area is 105 Å². The number of nitrogens with zero attached hydrogens (tertiary/aromatic N) is 1. The highest BCUT2D eigenvalue weighted by Gasteiger charge is 2.20. The van der Waals surface area contributed by atoms with Crippen molar-refractivity contribution in [1.29, 1.82) is 0 Å². The molecule has 98 valence electrons. The maximum atomic E-state index is 11.0. The highest BCUT2D eigenvalue weighted by molar-refractivity contribution is 5.73. The molecule has 0 heterocycles. The fourth-order valence-corrected chi connectivity index (χ4v) is 1.62. The van der Waals surface area contributed by atoms with Crippen molar-refractivity contribution in [3.05, 3.63) is 39.9 Å². The van der Waals surface area contributed by atoms with Crippen LogP contribution in [0.1, 0.15) is 19.4 Å². The van der Waals surface area contributed by atoms with E-state index in [4.69, 9.17) is 5.11 Å². The van der Waals surface area contributed by atoms with Gasteiger partial charge in [-0.25, -0.2) is 0 Å². The van der Waals surface area contributed by atoms with Crippen molar-refractivity contribution >= 4 is 11.7 Å². The lowest BCUT2D eigenvalue weighted by Crippen LogP contribution is -2.40. The van der Waals surface area contributed by atoms with Crippen LogP contribution in [0.15, 0.2) is 24.3 Å². The molecular formula is C12H16N2O4. The van der Waals surface area contributed by atoms with Crippen LogP contribution in [0.3, 0.4) is 0 Å². The van der Waals surface area contributed by atoms with Crippen LogP contribution in [0, 0.1) is 16.0 Å². The first kappa shape index (κ1) is 14.1. The molecule has 0 bridgehead atoms. The van der Waals surface area contributed by atoms with E-state index < -0.39 is 16.9 Å². The molecule has 0 fully saturated rings. The number of carbonyl (C=O) groups is 1. The lowest BCUT2D eigenvalue weighted by Gasteiger charge is -2.17. The van der Waals surface area contributed by atoms with Gasteiger partial charge < -0.3 is 10.4 Å². The highest BCUT2D eigenvalue weighted by Crippen LogP contribution is 2.13. The smallest absolute Gasteiger partial charge is 0.320 e. The van der Waals surface area contributed by atoms with E-state index in [1.165, 1.54) is 12.1 Å².